The van der Waals surface area contributed by atoms with Crippen molar-refractivity contribution in [3.63, 3.8) is 0 Å². The van der Waals surface area contributed by atoms with E-state index in [9.17, 15) is 35.1 Å². The van der Waals surface area contributed by atoms with Gasteiger partial charge in [0.15, 0.2) is 0 Å². The van der Waals surface area contributed by atoms with E-state index < -0.39 is 29.9 Å². The predicted molar refractivity (Wildman–Crippen MR) is 30.8 cm³/mol. The molecule has 0 N–H and O–H groups in total. The Kier molecular flexibility index (Phi) is 3.52. The van der Waals surface area contributed by atoms with Crippen LogP contribution in [0.25, 0.3) is 0 Å². The highest BCUT2D eigenvalue weighted by atomic mass is 19.3. The van der Waals surface area contributed by atoms with Crippen LogP contribution in [0.15, 0.2) is 11.7 Å². The fraction of sp³-hybridized carbons (Fsp3) is 0.667. The van der Waals surface area contributed by atoms with Gasteiger partial charge in [-0.3, -0.25) is 0 Å². The number of halogens is 8. The van der Waals surface area contributed by atoms with Crippen LogP contribution in [0.3, 0.4) is 0 Å². The third-order valence-corrected chi connectivity index (χ3v) is 1.27. The summed E-state index contributed by atoms with van der Waals surface area (Å²) in [7, 11) is 0. The van der Waals surface area contributed by atoms with E-state index in [1.54, 1.807) is 0 Å². The zero-order valence-electron chi connectivity index (χ0n) is 6.60. The van der Waals surface area contributed by atoms with Crippen LogP contribution in [0.4, 0.5) is 35.1 Å². The van der Waals surface area contributed by atoms with Crippen LogP contribution in [-0.4, -0.2) is 18.3 Å². The molecule has 0 aliphatic carbocycles. The van der Waals surface area contributed by atoms with E-state index in [0.717, 1.165) is 0 Å². The van der Waals surface area contributed by atoms with Crippen molar-refractivity contribution in [1.29, 1.82) is 0 Å². The van der Waals surface area contributed by atoms with Gasteiger partial charge in [0.2, 0.25) is 5.83 Å². The Morgan fingerprint density at radius 3 is 1.57 bits per heavy atom. The molecule has 0 heterocycles. The third kappa shape index (κ3) is 1.98. The zero-order chi connectivity index (χ0) is 11.7. The van der Waals surface area contributed by atoms with Gasteiger partial charge >= 0.3 is 18.3 Å². The van der Waals surface area contributed by atoms with Gasteiger partial charge in [-0.1, -0.05) is 0 Å². The maximum atomic E-state index is 12.2. The summed E-state index contributed by atoms with van der Waals surface area (Å²) >= 11 is 0. The standard InChI is InChI=1S/C6H4F8/c1-2(7)3(8)5(11,12)6(13,14)4(9)10/h4H,1H3/b3-2+. The topological polar surface area (TPSA) is 0 Å². The van der Waals surface area contributed by atoms with Crippen LogP contribution in [0.2, 0.25) is 0 Å². The monoisotopic (exact) mass is 228 g/mol. The first kappa shape index (κ1) is 13.2. The lowest BCUT2D eigenvalue weighted by Crippen LogP contribution is -2.47. The second kappa shape index (κ2) is 3.74. The molecule has 0 fully saturated rings. The molecule has 0 aromatic heterocycles. The number of hydrogen-bond acceptors (Lipinski definition) is 0. The number of rotatable bonds is 3. The van der Waals surface area contributed by atoms with Crippen molar-refractivity contribution >= 4 is 0 Å². The highest BCUT2D eigenvalue weighted by molar-refractivity contribution is 5.13. The third-order valence-electron chi connectivity index (χ3n) is 1.27. The van der Waals surface area contributed by atoms with E-state index in [2.05, 4.69) is 0 Å². The Hall–Kier alpha value is -0.820. The maximum absolute atomic E-state index is 12.2. The number of hydrogen-bond donors (Lipinski definition) is 0. The molecule has 0 aromatic carbocycles. The van der Waals surface area contributed by atoms with Gasteiger partial charge in [-0.25, -0.2) is 17.6 Å². The molecule has 0 rings (SSSR count). The van der Waals surface area contributed by atoms with Crippen molar-refractivity contribution in [3.8, 4) is 0 Å². The second-order valence-electron chi connectivity index (χ2n) is 2.35. The number of allylic oxidation sites excluding steroid dienone is 2. The van der Waals surface area contributed by atoms with Crippen molar-refractivity contribution < 1.29 is 35.1 Å². The van der Waals surface area contributed by atoms with Crippen molar-refractivity contribution in [2.75, 3.05) is 0 Å². The molecule has 0 amide bonds. The minimum Gasteiger partial charge on any atom is -0.209 e. The first-order chi connectivity index (χ1) is 6.05. The number of alkyl halides is 6. The summed E-state index contributed by atoms with van der Waals surface area (Å²) in [6.45, 7) is 0.116. The highest BCUT2D eigenvalue weighted by Crippen LogP contribution is 2.45. The lowest BCUT2D eigenvalue weighted by Gasteiger charge is -2.24. The van der Waals surface area contributed by atoms with E-state index in [4.69, 9.17) is 0 Å². The van der Waals surface area contributed by atoms with Gasteiger partial charge in [-0.15, -0.1) is 0 Å². The van der Waals surface area contributed by atoms with E-state index in [-0.39, 0.29) is 6.92 Å². The van der Waals surface area contributed by atoms with Crippen LogP contribution in [-0.2, 0) is 0 Å². The molecule has 0 atom stereocenters. The van der Waals surface area contributed by atoms with E-state index in [1.165, 1.54) is 0 Å². The molecule has 84 valence electrons. The Morgan fingerprint density at radius 2 is 1.36 bits per heavy atom. The van der Waals surface area contributed by atoms with Crippen molar-refractivity contribution in [3.05, 3.63) is 11.7 Å². The summed E-state index contributed by atoms with van der Waals surface area (Å²) in [6, 6.07) is 0. The minimum absolute atomic E-state index is 0.116. The van der Waals surface area contributed by atoms with Crippen LogP contribution in [0.1, 0.15) is 6.92 Å². The molecular formula is C6H4F8. The lowest BCUT2D eigenvalue weighted by molar-refractivity contribution is -0.253. The van der Waals surface area contributed by atoms with Gasteiger partial charge in [-0.05, 0) is 6.92 Å². The van der Waals surface area contributed by atoms with Gasteiger partial charge in [-0.2, -0.15) is 17.6 Å². The van der Waals surface area contributed by atoms with E-state index in [0.29, 0.717) is 0 Å². The van der Waals surface area contributed by atoms with Crippen LogP contribution < -0.4 is 0 Å². The lowest BCUT2D eigenvalue weighted by atomic mass is 10.1. The van der Waals surface area contributed by atoms with E-state index in [1.807, 2.05) is 0 Å². The molecule has 0 unspecified atom stereocenters. The molecular weight excluding hydrogens is 224 g/mol. The Morgan fingerprint density at radius 1 is 1.00 bits per heavy atom. The predicted octanol–water partition coefficient (Wildman–Crippen LogP) is 3.69. The Bertz CT molecular complexity index is 236. The summed E-state index contributed by atoms with van der Waals surface area (Å²) in [6.07, 6.45) is -4.79. The van der Waals surface area contributed by atoms with Crippen LogP contribution in [0, 0.1) is 0 Å². The summed E-state index contributed by atoms with van der Waals surface area (Å²) in [5.41, 5.74) is 0. The molecule has 0 spiro atoms. The second-order valence-corrected chi connectivity index (χ2v) is 2.35. The van der Waals surface area contributed by atoms with Gasteiger partial charge in [0.1, 0.15) is 5.83 Å². The summed E-state index contributed by atoms with van der Waals surface area (Å²) < 4.78 is 95.1. The minimum atomic E-state index is -5.94. The molecule has 0 aromatic rings. The largest absolute Gasteiger partial charge is 0.376 e. The molecule has 0 nitrogen and oxygen atoms in total. The SMILES string of the molecule is C/C(F)=C(\F)C(F)(F)C(F)(F)C(F)F. The Balaban J connectivity index is 5.26. The Labute approximate surface area is 73.2 Å². The fourth-order valence-corrected chi connectivity index (χ4v) is 0.500. The average molecular weight is 228 g/mol. The molecule has 0 saturated carbocycles. The normalized spacial score (nSPS) is 15.9. The van der Waals surface area contributed by atoms with Gasteiger partial charge in [0.05, 0.1) is 0 Å². The summed E-state index contributed by atoms with van der Waals surface area (Å²) in [5.74, 6) is -17.2. The van der Waals surface area contributed by atoms with Crippen molar-refractivity contribution in [1.82, 2.24) is 0 Å². The summed E-state index contributed by atoms with van der Waals surface area (Å²) in [4.78, 5) is 0. The van der Waals surface area contributed by atoms with Gasteiger partial charge < -0.3 is 0 Å². The zero-order valence-corrected chi connectivity index (χ0v) is 6.60. The van der Waals surface area contributed by atoms with Gasteiger partial charge in [0.25, 0.3) is 0 Å². The first-order valence-corrected chi connectivity index (χ1v) is 3.11. The van der Waals surface area contributed by atoms with Crippen LogP contribution in [0.5, 0.6) is 0 Å². The first-order valence-electron chi connectivity index (χ1n) is 3.11. The maximum Gasteiger partial charge on any atom is 0.376 e. The smallest absolute Gasteiger partial charge is 0.209 e. The van der Waals surface area contributed by atoms with Gasteiger partial charge in [0, 0.05) is 0 Å². The highest BCUT2D eigenvalue weighted by Gasteiger charge is 2.66. The van der Waals surface area contributed by atoms with E-state index >= 15 is 0 Å². The molecule has 8 heteroatoms. The fourth-order valence-electron chi connectivity index (χ4n) is 0.500. The molecule has 14 heavy (non-hydrogen) atoms. The molecule has 0 aliphatic heterocycles. The molecule has 0 aliphatic rings. The van der Waals surface area contributed by atoms with Crippen molar-refractivity contribution in [2.45, 2.75) is 25.2 Å². The average Bonchev–Trinajstić information content (AvgIpc) is 2.01. The van der Waals surface area contributed by atoms with Crippen molar-refractivity contribution in [2.24, 2.45) is 0 Å². The van der Waals surface area contributed by atoms with Crippen LogP contribution >= 0.6 is 0 Å². The molecule has 0 bridgehead atoms. The molecule has 0 saturated heterocycles. The summed E-state index contributed by atoms with van der Waals surface area (Å²) in [5, 5.41) is 0. The molecule has 0 radical (unpaired) electrons. The quantitative estimate of drug-likeness (QED) is 0.646.